The first kappa shape index (κ1) is 13.2. The Morgan fingerprint density at radius 3 is 2.88 bits per heavy atom. The van der Waals surface area contributed by atoms with Crippen LogP contribution in [0.25, 0.3) is 0 Å². The molecule has 0 aliphatic rings. The Kier molecular flexibility index (Phi) is 4.98. The molecule has 5 heteroatoms. The van der Waals surface area contributed by atoms with E-state index in [1.54, 1.807) is 12.3 Å². The van der Waals surface area contributed by atoms with Crippen molar-refractivity contribution in [2.45, 2.75) is 13.8 Å². The number of nitrogens with one attached hydrogen (secondary N) is 1. The van der Waals surface area contributed by atoms with Crippen molar-refractivity contribution in [3.05, 3.63) is 21.4 Å². The minimum atomic E-state index is -0.136. The fraction of sp³-hybridized carbons (Fsp3) is 0.455. The monoisotopic (exact) mass is 334 g/mol. The molecule has 0 aliphatic carbocycles. The molecule has 1 aromatic rings. The molecule has 88 valence electrons. The Morgan fingerprint density at radius 1 is 1.62 bits per heavy atom. The summed E-state index contributed by atoms with van der Waals surface area (Å²) in [6.07, 6.45) is 1.62. The number of hydrogen-bond donors (Lipinski definition) is 1. The van der Waals surface area contributed by atoms with Gasteiger partial charge in [0.05, 0.1) is 7.11 Å². The fourth-order valence-electron chi connectivity index (χ4n) is 1.17. The van der Waals surface area contributed by atoms with E-state index < -0.39 is 0 Å². The minimum absolute atomic E-state index is 0.136. The van der Waals surface area contributed by atoms with Gasteiger partial charge in [0.1, 0.15) is 5.56 Å². The van der Waals surface area contributed by atoms with Crippen LogP contribution in [0.3, 0.4) is 0 Å². The highest BCUT2D eigenvalue weighted by molar-refractivity contribution is 14.1. The van der Waals surface area contributed by atoms with Gasteiger partial charge in [-0.15, -0.1) is 0 Å². The molecule has 0 aromatic carbocycles. The molecule has 0 bridgehead atoms. The van der Waals surface area contributed by atoms with Crippen LogP contribution in [0.2, 0.25) is 0 Å². The summed E-state index contributed by atoms with van der Waals surface area (Å²) >= 11 is 2.10. The number of pyridine rings is 1. The molecule has 0 aliphatic heterocycles. The van der Waals surface area contributed by atoms with Crippen molar-refractivity contribution in [2.24, 2.45) is 5.92 Å². The van der Waals surface area contributed by atoms with Crippen LogP contribution < -0.4 is 10.1 Å². The number of halogens is 1. The summed E-state index contributed by atoms with van der Waals surface area (Å²) in [6.45, 7) is 4.74. The van der Waals surface area contributed by atoms with Gasteiger partial charge < -0.3 is 10.1 Å². The van der Waals surface area contributed by atoms with Gasteiger partial charge in [-0.1, -0.05) is 13.8 Å². The summed E-state index contributed by atoms with van der Waals surface area (Å²) in [6, 6.07) is 1.79. The number of nitrogens with zero attached hydrogens (tertiary/aromatic N) is 1. The van der Waals surface area contributed by atoms with Gasteiger partial charge in [0.25, 0.3) is 5.91 Å². The lowest BCUT2D eigenvalue weighted by molar-refractivity contribution is 0.0944. The molecule has 16 heavy (non-hydrogen) atoms. The minimum Gasteiger partial charge on any atom is -0.480 e. The maximum Gasteiger partial charge on any atom is 0.257 e. The average molecular weight is 334 g/mol. The standard InChI is InChI=1S/C11H15IN2O2/c1-7(2)6-14-10(15)9-8(12)4-5-13-11(9)16-3/h4-5,7H,6H2,1-3H3,(H,14,15). The van der Waals surface area contributed by atoms with E-state index in [-0.39, 0.29) is 5.91 Å². The van der Waals surface area contributed by atoms with Crippen LogP contribution in [-0.2, 0) is 0 Å². The van der Waals surface area contributed by atoms with Gasteiger partial charge in [-0.25, -0.2) is 4.98 Å². The van der Waals surface area contributed by atoms with Gasteiger partial charge in [-0.2, -0.15) is 0 Å². The maximum atomic E-state index is 11.9. The smallest absolute Gasteiger partial charge is 0.257 e. The Morgan fingerprint density at radius 2 is 2.31 bits per heavy atom. The summed E-state index contributed by atoms with van der Waals surface area (Å²) in [5.41, 5.74) is 0.506. The molecule has 0 spiro atoms. The van der Waals surface area contributed by atoms with Crippen LogP contribution in [0.5, 0.6) is 5.88 Å². The van der Waals surface area contributed by atoms with Crippen molar-refractivity contribution >= 4 is 28.5 Å². The number of amides is 1. The predicted molar refractivity (Wildman–Crippen MR) is 70.7 cm³/mol. The van der Waals surface area contributed by atoms with E-state index in [1.165, 1.54) is 7.11 Å². The molecule has 0 fully saturated rings. The number of methoxy groups -OCH3 is 1. The van der Waals surface area contributed by atoms with Crippen LogP contribution >= 0.6 is 22.6 Å². The van der Waals surface area contributed by atoms with Crippen molar-refractivity contribution in [2.75, 3.05) is 13.7 Å². The molecule has 0 unspecified atom stereocenters. The average Bonchev–Trinajstić information content (AvgIpc) is 2.25. The summed E-state index contributed by atoms with van der Waals surface area (Å²) in [7, 11) is 1.51. The topological polar surface area (TPSA) is 51.2 Å². The van der Waals surface area contributed by atoms with E-state index in [0.717, 1.165) is 3.57 Å². The van der Waals surface area contributed by atoms with Crippen LogP contribution in [0.4, 0.5) is 0 Å². The molecule has 1 rings (SSSR count). The van der Waals surface area contributed by atoms with E-state index in [4.69, 9.17) is 4.74 Å². The zero-order chi connectivity index (χ0) is 12.1. The molecule has 0 saturated heterocycles. The third-order valence-corrected chi connectivity index (χ3v) is 2.86. The summed E-state index contributed by atoms with van der Waals surface area (Å²) in [5, 5.41) is 2.85. The van der Waals surface area contributed by atoms with Crippen LogP contribution in [0, 0.1) is 9.49 Å². The van der Waals surface area contributed by atoms with Crippen LogP contribution in [-0.4, -0.2) is 24.5 Å². The van der Waals surface area contributed by atoms with Crippen molar-refractivity contribution < 1.29 is 9.53 Å². The number of carbonyl (C=O) groups is 1. The van der Waals surface area contributed by atoms with E-state index in [2.05, 4.69) is 32.9 Å². The Bertz CT molecular complexity index is 380. The van der Waals surface area contributed by atoms with Crippen molar-refractivity contribution in [3.63, 3.8) is 0 Å². The van der Waals surface area contributed by atoms with Gasteiger partial charge in [0.15, 0.2) is 0 Å². The fourth-order valence-corrected chi connectivity index (χ4v) is 1.80. The van der Waals surface area contributed by atoms with Crippen molar-refractivity contribution in [3.8, 4) is 5.88 Å². The first-order chi connectivity index (χ1) is 7.56. The third kappa shape index (κ3) is 3.33. The highest BCUT2D eigenvalue weighted by Gasteiger charge is 2.16. The molecule has 1 amide bonds. The molecule has 1 aromatic heterocycles. The molecule has 1 heterocycles. The lowest BCUT2D eigenvalue weighted by Gasteiger charge is -2.11. The highest BCUT2D eigenvalue weighted by atomic mass is 127. The largest absolute Gasteiger partial charge is 0.480 e. The quantitative estimate of drug-likeness (QED) is 0.858. The van der Waals surface area contributed by atoms with E-state index in [0.29, 0.717) is 23.9 Å². The predicted octanol–water partition coefficient (Wildman–Crippen LogP) is 2.08. The molecular formula is C11H15IN2O2. The zero-order valence-electron chi connectivity index (χ0n) is 9.58. The SMILES string of the molecule is COc1nccc(I)c1C(=O)NCC(C)C. The Labute approximate surface area is 109 Å². The zero-order valence-corrected chi connectivity index (χ0v) is 11.7. The van der Waals surface area contributed by atoms with Gasteiger partial charge in [0.2, 0.25) is 5.88 Å². The second kappa shape index (κ2) is 6.03. The molecule has 0 radical (unpaired) electrons. The molecular weight excluding hydrogens is 319 g/mol. The van der Waals surface area contributed by atoms with Crippen LogP contribution in [0.1, 0.15) is 24.2 Å². The maximum absolute atomic E-state index is 11.9. The van der Waals surface area contributed by atoms with E-state index in [9.17, 15) is 4.79 Å². The van der Waals surface area contributed by atoms with Crippen LogP contribution in [0.15, 0.2) is 12.3 Å². The molecule has 1 N–H and O–H groups in total. The number of rotatable bonds is 4. The Balaban J connectivity index is 2.89. The number of carbonyl (C=O) groups excluding carboxylic acids is 1. The second-order valence-electron chi connectivity index (χ2n) is 3.78. The first-order valence-electron chi connectivity index (χ1n) is 5.03. The number of aromatic nitrogens is 1. The summed E-state index contributed by atoms with van der Waals surface area (Å²) < 4.78 is 5.92. The lowest BCUT2D eigenvalue weighted by Crippen LogP contribution is -2.28. The lowest BCUT2D eigenvalue weighted by atomic mass is 10.2. The van der Waals surface area contributed by atoms with Gasteiger partial charge in [0, 0.05) is 16.3 Å². The third-order valence-electron chi connectivity index (χ3n) is 1.96. The highest BCUT2D eigenvalue weighted by Crippen LogP contribution is 2.20. The normalized spacial score (nSPS) is 10.3. The number of hydrogen-bond acceptors (Lipinski definition) is 3. The number of ether oxygens (including phenoxy) is 1. The molecule has 0 saturated carbocycles. The molecule has 0 atom stereocenters. The molecule has 4 nitrogen and oxygen atoms in total. The second-order valence-corrected chi connectivity index (χ2v) is 4.94. The van der Waals surface area contributed by atoms with E-state index in [1.807, 2.05) is 13.8 Å². The Hall–Kier alpha value is -0.850. The summed E-state index contributed by atoms with van der Waals surface area (Å²) in [5.74, 6) is 0.653. The van der Waals surface area contributed by atoms with Gasteiger partial charge in [-0.05, 0) is 34.6 Å². The summed E-state index contributed by atoms with van der Waals surface area (Å²) in [4.78, 5) is 15.9. The van der Waals surface area contributed by atoms with Crippen molar-refractivity contribution in [1.82, 2.24) is 10.3 Å². The van der Waals surface area contributed by atoms with E-state index >= 15 is 0 Å². The first-order valence-corrected chi connectivity index (χ1v) is 6.10. The van der Waals surface area contributed by atoms with Gasteiger partial charge in [-0.3, -0.25) is 4.79 Å². The van der Waals surface area contributed by atoms with Crippen molar-refractivity contribution in [1.29, 1.82) is 0 Å². The van der Waals surface area contributed by atoms with Gasteiger partial charge >= 0.3 is 0 Å².